The lowest BCUT2D eigenvalue weighted by molar-refractivity contribution is 0.238. The molecule has 0 spiro atoms. The summed E-state index contributed by atoms with van der Waals surface area (Å²) in [4.78, 5) is 6.66. The SMILES string of the molecule is Cl.Cl.Cl.c1cncc(CCCN2CCNCC2)c1. The number of pyridine rings is 1. The maximum absolute atomic E-state index is 4.13. The van der Waals surface area contributed by atoms with Gasteiger partial charge in [0, 0.05) is 38.6 Å². The molecule has 3 nitrogen and oxygen atoms in total. The van der Waals surface area contributed by atoms with E-state index in [9.17, 15) is 0 Å². The first kappa shape index (κ1) is 20.3. The van der Waals surface area contributed by atoms with Crippen molar-refractivity contribution in [3.05, 3.63) is 30.1 Å². The Balaban J connectivity index is 0. The van der Waals surface area contributed by atoms with Crippen LogP contribution in [0.3, 0.4) is 0 Å². The molecule has 106 valence electrons. The van der Waals surface area contributed by atoms with Gasteiger partial charge in [0.05, 0.1) is 0 Å². The molecule has 1 saturated heterocycles. The lowest BCUT2D eigenvalue weighted by Crippen LogP contribution is -2.43. The molecule has 0 radical (unpaired) electrons. The second kappa shape index (κ2) is 12.0. The molecule has 2 heterocycles. The predicted molar refractivity (Wildman–Crippen MR) is 83.6 cm³/mol. The molecule has 0 aliphatic carbocycles. The Morgan fingerprint density at radius 1 is 1.17 bits per heavy atom. The zero-order valence-electron chi connectivity index (χ0n) is 10.4. The van der Waals surface area contributed by atoms with Crippen LogP contribution in [0.25, 0.3) is 0 Å². The van der Waals surface area contributed by atoms with Crippen molar-refractivity contribution in [1.82, 2.24) is 15.2 Å². The number of aryl methyl sites for hydroxylation is 1. The number of halogens is 3. The van der Waals surface area contributed by atoms with Crippen molar-refractivity contribution in [2.24, 2.45) is 0 Å². The fraction of sp³-hybridized carbons (Fsp3) is 0.583. The minimum absolute atomic E-state index is 0. The quantitative estimate of drug-likeness (QED) is 0.923. The summed E-state index contributed by atoms with van der Waals surface area (Å²) >= 11 is 0. The molecule has 18 heavy (non-hydrogen) atoms. The molecule has 1 aliphatic heterocycles. The molecule has 1 aliphatic rings. The largest absolute Gasteiger partial charge is 0.314 e. The van der Waals surface area contributed by atoms with E-state index in [0.29, 0.717) is 0 Å². The van der Waals surface area contributed by atoms with Gasteiger partial charge in [0.2, 0.25) is 0 Å². The highest BCUT2D eigenvalue weighted by molar-refractivity contribution is 5.86. The second-order valence-corrected chi connectivity index (χ2v) is 4.06. The average Bonchev–Trinajstić information content (AvgIpc) is 2.32. The first-order chi connectivity index (χ1) is 7.45. The fourth-order valence-electron chi connectivity index (χ4n) is 1.99. The zero-order valence-corrected chi connectivity index (χ0v) is 12.8. The molecule has 1 aromatic rings. The van der Waals surface area contributed by atoms with Gasteiger partial charge in [-0.2, -0.15) is 0 Å². The highest BCUT2D eigenvalue weighted by Crippen LogP contribution is 2.02. The molecule has 0 saturated carbocycles. The second-order valence-electron chi connectivity index (χ2n) is 4.06. The third-order valence-electron chi connectivity index (χ3n) is 2.87. The Bertz CT molecular complexity index is 279. The van der Waals surface area contributed by atoms with Gasteiger partial charge >= 0.3 is 0 Å². The Morgan fingerprint density at radius 3 is 2.50 bits per heavy atom. The molecule has 0 unspecified atom stereocenters. The third kappa shape index (κ3) is 7.39. The van der Waals surface area contributed by atoms with Crippen molar-refractivity contribution < 1.29 is 0 Å². The monoisotopic (exact) mass is 313 g/mol. The molecule has 2 rings (SSSR count). The van der Waals surface area contributed by atoms with Gasteiger partial charge < -0.3 is 10.2 Å². The van der Waals surface area contributed by atoms with E-state index in [1.165, 1.54) is 31.6 Å². The molecule has 1 fully saturated rings. The van der Waals surface area contributed by atoms with Crippen LogP contribution in [0, 0.1) is 0 Å². The Hall–Kier alpha value is -0.0600. The lowest BCUT2D eigenvalue weighted by atomic mass is 10.1. The van der Waals surface area contributed by atoms with Gasteiger partial charge in [-0.15, -0.1) is 37.2 Å². The fourth-order valence-corrected chi connectivity index (χ4v) is 1.99. The van der Waals surface area contributed by atoms with Crippen molar-refractivity contribution in [2.75, 3.05) is 32.7 Å². The maximum atomic E-state index is 4.13. The van der Waals surface area contributed by atoms with Gasteiger partial charge in [0.25, 0.3) is 0 Å². The summed E-state index contributed by atoms with van der Waals surface area (Å²) in [5.41, 5.74) is 1.35. The van der Waals surface area contributed by atoms with E-state index in [2.05, 4.69) is 21.3 Å². The molecular weight excluding hydrogens is 293 g/mol. The highest BCUT2D eigenvalue weighted by atomic mass is 35.5. The summed E-state index contributed by atoms with van der Waals surface area (Å²) in [5.74, 6) is 0. The van der Waals surface area contributed by atoms with E-state index in [-0.39, 0.29) is 37.2 Å². The van der Waals surface area contributed by atoms with Gasteiger partial charge in [-0.1, -0.05) is 6.07 Å². The number of piperazine rings is 1. The summed E-state index contributed by atoms with van der Waals surface area (Å²) in [5, 5.41) is 3.37. The minimum Gasteiger partial charge on any atom is -0.314 e. The van der Waals surface area contributed by atoms with Crippen LogP contribution in [-0.2, 0) is 6.42 Å². The normalized spacial score (nSPS) is 14.9. The topological polar surface area (TPSA) is 28.2 Å². The van der Waals surface area contributed by atoms with Crippen molar-refractivity contribution in [1.29, 1.82) is 0 Å². The Kier molecular flexibility index (Phi) is 13.5. The summed E-state index contributed by atoms with van der Waals surface area (Å²) < 4.78 is 0. The minimum atomic E-state index is 0. The summed E-state index contributed by atoms with van der Waals surface area (Å²) in [7, 11) is 0. The van der Waals surface area contributed by atoms with Crippen LogP contribution in [0.15, 0.2) is 24.5 Å². The average molecular weight is 315 g/mol. The van der Waals surface area contributed by atoms with Crippen molar-refractivity contribution in [3.8, 4) is 0 Å². The van der Waals surface area contributed by atoms with E-state index in [1.807, 2.05) is 18.5 Å². The first-order valence-electron chi connectivity index (χ1n) is 5.77. The Labute approximate surface area is 128 Å². The number of rotatable bonds is 4. The summed E-state index contributed by atoms with van der Waals surface area (Å²) in [6, 6.07) is 4.17. The van der Waals surface area contributed by atoms with Crippen LogP contribution >= 0.6 is 37.2 Å². The third-order valence-corrected chi connectivity index (χ3v) is 2.87. The van der Waals surface area contributed by atoms with Crippen LogP contribution in [0.5, 0.6) is 0 Å². The van der Waals surface area contributed by atoms with Crippen LogP contribution < -0.4 is 5.32 Å². The van der Waals surface area contributed by atoms with Crippen molar-refractivity contribution in [3.63, 3.8) is 0 Å². The van der Waals surface area contributed by atoms with Crippen LogP contribution in [0.1, 0.15) is 12.0 Å². The van der Waals surface area contributed by atoms with Gasteiger partial charge in [0.15, 0.2) is 0 Å². The number of aromatic nitrogens is 1. The van der Waals surface area contributed by atoms with Crippen LogP contribution in [0.4, 0.5) is 0 Å². The van der Waals surface area contributed by atoms with Crippen molar-refractivity contribution in [2.45, 2.75) is 12.8 Å². The van der Waals surface area contributed by atoms with Crippen molar-refractivity contribution >= 4 is 37.2 Å². The van der Waals surface area contributed by atoms with E-state index in [1.54, 1.807) is 0 Å². The standard InChI is InChI=1S/C12H19N3.3ClH/c1-3-12(11-14-5-1)4-2-8-15-9-6-13-7-10-15;;;/h1,3,5,11,13H,2,4,6-10H2;3*1H. The molecule has 6 heteroatoms. The maximum Gasteiger partial charge on any atom is 0.0299 e. The van der Waals surface area contributed by atoms with E-state index in [0.717, 1.165) is 19.5 Å². The van der Waals surface area contributed by atoms with Crippen LogP contribution in [0.2, 0.25) is 0 Å². The first-order valence-corrected chi connectivity index (χ1v) is 5.77. The molecule has 0 aromatic carbocycles. The molecular formula is C12H22Cl3N3. The molecule has 0 bridgehead atoms. The molecule has 0 atom stereocenters. The summed E-state index contributed by atoms with van der Waals surface area (Å²) in [6.07, 6.45) is 6.20. The van der Waals surface area contributed by atoms with Gasteiger partial charge in [-0.25, -0.2) is 0 Å². The lowest BCUT2D eigenvalue weighted by Gasteiger charge is -2.26. The molecule has 0 amide bonds. The predicted octanol–water partition coefficient (Wildman–Crippen LogP) is 2.18. The van der Waals surface area contributed by atoms with Gasteiger partial charge in [0.1, 0.15) is 0 Å². The number of hydrogen-bond donors (Lipinski definition) is 1. The van der Waals surface area contributed by atoms with E-state index in [4.69, 9.17) is 0 Å². The Morgan fingerprint density at radius 2 is 1.89 bits per heavy atom. The van der Waals surface area contributed by atoms with Gasteiger partial charge in [-0.3, -0.25) is 4.98 Å². The smallest absolute Gasteiger partial charge is 0.0299 e. The van der Waals surface area contributed by atoms with Gasteiger partial charge in [-0.05, 0) is 31.0 Å². The number of nitrogens with zero attached hydrogens (tertiary/aromatic N) is 2. The molecule has 1 aromatic heterocycles. The van der Waals surface area contributed by atoms with Crippen LogP contribution in [-0.4, -0.2) is 42.6 Å². The number of nitrogens with one attached hydrogen (secondary N) is 1. The van der Waals surface area contributed by atoms with E-state index >= 15 is 0 Å². The number of hydrogen-bond acceptors (Lipinski definition) is 3. The highest BCUT2D eigenvalue weighted by Gasteiger charge is 2.08. The summed E-state index contributed by atoms with van der Waals surface area (Å²) in [6.45, 7) is 5.91. The zero-order chi connectivity index (χ0) is 10.3. The molecule has 1 N–H and O–H groups in total. The van der Waals surface area contributed by atoms with E-state index < -0.39 is 0 Å².